The fraction of sp³-hybridized carbons (Fsp3) is 0.667. The van der Waals surface area contributed by atoms with Crippen LogP contribution in [0.15, 0.2) is 10.3 Å². The van der Waals surface area contributed by atoms with Crippen molar-refractivity contribution in [1.82, 2.24) is 0 Å². The Morgan fingerprint density at radius 2 is 1.80 bits per heavy atom. The van der Waals surface area contributed by atoms with Crippen molar-refractivity contribution in [2.24, 2.45) is 15.7 Å². The number of hydrogen-bond acceptors (Lipinski definition) is 4. The van der Waals surface area contributed by atoms with Gasteiger partial charge >= 0.3 is 0 Å². The summed E-state index contributed by atoms with van der Waals surface area (Å²) in [6.07, 6.45) is 1.11. The molecule has 0 aliphatic rings. The summed E-state index contributed by atoms with van der Waals surface area (Å²) in [4.78, 5) is 0. The zero-order valence-corrected chi connectivity index (χ0v) is 6.37. The third-order valence-electron chi connectivity index (χ3n) is 1.06. The monoisotopic (exact) mass is 144 g/mol. The van der Waals surface area contributed by atoms with E-state index in [9.17, 15) is 0 Å². The molecule has 0 heterocycles. The molecule has 4 heteroatoms. The number of nitrogens with zero attached hydrogens (tertiary/aromatic N) is 2. The molecule has 58 valence electrons. The molecule has 4 nitrogen and oxygen atoms in total. The Morgan fingerprint density at radius 3 is 1.90 bits per heavy atom. The van der Waals surface area contributed by atoms with E-state index in [1.165, 1.54) is 0 Å². The topological polar surface area (TPSA) is 65.2 Å². The van der Waals surface area contributed by atoms with Gasteiger partial charge in [-0.25, -0.2) is 0 Å². The first-order chi connectivity index (χ1) is 4.52. The van der Waals surface area contributed by atoms with Crippen LogP contribution in [0.3, 0.4) is 0 Å². The van der Waals surface area contributed by atoms with Crippen molar-refractivity contribution >= 4 is 11.9 Å². The first-order valence-electron chi connectivity index (χ1n) is 2.92. The maximum Gasteiger partial charge on any atom is 0.106 e. The van der Waals surface area contributed by atoms with E-state index < -0.39 is 0 Å². The lowest BCUT2D eigenvalue weighted by molar-refractivity contribution is 0.309. The first-order valence-corrected chi connectivity index (χ1v) is 2.92. The van der Waals surface area contributed by atoms with E-state index in [2.05, 4.69) is 10.3 Å². The summed E-state index contributed by atoms with van der Waals surface area (Å²) in [6, 6.07) is 0. The molecule has 0 atom stereocenters. The van der Waals surface area contributed by atoms with Gasteiger partial charge in [0, 0.05) is 5.41 Å². The average Bonchev–Trinajstić information content (AvgIpc) is 1.80. The van der Waals surface area contributed by atoms with Crippen LogP contribution in [0.4, 0.5) is 0 Å². The van der Waals surface area contributed by atoms with Crippen molar-refractivity contribution in [2.75, 3.05) is 0 Å². The molecule has 0 aromatic carbocycles. The molecule has 0 fully saturated rings. The molecule has 0 aromatic heterocycles. The van der Waals surface area contributed by atoms with Crippen LogP contribution in [0.5, 0.6) is 0 Å². The lowest BCUT2D eigenvalue weighted by Crippen LogP contribution is -2.21. The maximum absolute atomic E-state index is 8.38. The summed E-state index contributed by atoms with van der Waals surface area (Å²) in [5.41, 5.74) is 0.0519. The van der Waals surface area contributed by atoms with Crippen LogP contribution >= 0.6 is 0 Å². The molecule has 0 saturated heterocycles. The quantitative estimate of drug-likeness (QED) is 0.331. The molecule has 0 bridgehead atoms. The van der Waals surface area contributed by atoms with Crippen LogP contribution in [-0.2, 0) is 0 Å². The van der Waals surface area contributed by atoms with Crippen molar-refractivity contribution < 1.29 is 10.4 Å². The van der Waals surface area contributed by atoms with Gasteiger partial charge in [0.05, 0.1) is 6.21 Å². The fourth-order valence-corrected chi connectivity index (χ4v) is 0.424. The normalized spacial score (nSPS) is 14.5. The van der Waals surface area contributed by atoms with E-state index >= 15 is 0 Å². The number of hydrogen-bond donors (Lipinski definition) is 2. The Kier molecular flexibility index (Phi) is 2.86. The molecule has 0 spiro atoms. The summed E-state index contributed by atoms with van der Waals surface area (Å²) in [6.45, 7) is 5.55. The van der Waals surface area contributed by atoms with Gasteiger partial charge in [0.15, 0.2) is 0 Å². The van der Waals surface area contributed by atoms with E-state index in [4.69, 9.17) is 10.4 Å². The molecule has 0 rings (SSSR count). The summed E-state index contributed by atoms with van der Waals surface area (Å²) < 4.78 is 0. The lowest BCUT2D eigenvalue weighted by Gasteiger charge is -2.14. The summed E-state index contributed by atoms with van der Waals surface area (Å²) in [5.74, 6) is 0. The molecule has 0 saturated carbocycles. The SMILES string of the molecule is CC(C)(C)C(/C=N/O)=N/O. The molecule has 10 heavy (non-hydrogen) atoms. The highest BCUT2D eigenvalue weighted by atomic mass is 16.4. The Morgan fingerprint density at radius 1 is 1.30 bits per heavy atom. The van der Waals surface area contributed by atoms with Gasteiger partial charge in [-0.15, -0.1) is 0 Å². The second-order valence-electron chi connectivity index (χ2n) is 2.98. The predicted octanol–water partition coefficient (Wildman–Crippen LogP) is 1.32. The third kappa shape index (κ3) is 2.48. The molecule has 2 N–H and O–H groups in total. The zero-order valence-electron chi connectivity index (χ0n) is 6.37. The highest BCUT2D eigenvalue weighted by molar-refractivity contribution is 6.32. The standard InChI is InChI=1S/C6H12N2O2/c1-6(2,3)5(8-10)4-7-9/h4,9-10H,1-3H3/b7-4+,8-5+. The minimum atomic E-state index is -0.291. The van der Waals surface area contributed by atoms with E-state index in [1.807, 2.05) is 20.8 Å². The maximum atomic E-state index is 8.38. The summed E-state index contributed by atoms with van der Waals surface area (Å²) >= 11 is 0. The van der Waals surface area contributed by atoms with Gasteiger partial charge in [-0.2, -0.15) is 0 Å². The van der Waals surface area contributed by atoms with Crippen molar-refractivity contribution in [3.05, 3.63) is 0 Å². The van der Waals surface area contributed by atoms with E-state index in [0.29, 0.717) is 5.71 Å². The van der Waals surface area contributed by atoms with Gasteiger partial charge in [0.2, 0.25) is 0 Å². The molecule has 0 aliphatic carbocycles. The van der Waals surface area contributed by atoms with Gasteiger partial charge in [-0.1, -0.05) is 31.1 Å². The molecule has 0 radical (unpaired) electrons. The molecule has 0 aromatic rings. The summed E-state index contributed by atoms with van der Waals surface area (Å²) in [5, 5.41) is 22.2. The Hall–Kier alpha value is -1.06. The van der Waals surface area contributed by atoms with Gasteiger partial charge in [0.1, 0.15) is 5.71 Å². The van der Waals surface area contributed by atoms with Crippen molar-refractivity contribution in [1.29, 1.82) is 0 Å². The summed E-state index contributed by atoms with van der Waals surface area (Å²) in [7, 11) is 0. The van der Waals surface area contributed by atoms with Gasteiger partial charge in [-0.05, 0) is 0 Å². The third-order valence-corrected chi connectivity index (χ3v) is 1.06. The lowest BCUT2D eigenvalue weighted by atomic mass is 9.91. The average molecular weight is 144 g/mol. The van der Waals surface area contributed by atoms with Crippen LogP contribution in [0.1, 0.15) is 20.8 Å². The molecule has 0 unspecified atom stereocenters. The first kappa shape index (κ1) is 8.94. The molecular formula is C6H12N2O2. The van der Waals surface area contributed by atoms with Crippen LogP contribution < -0.4 is 0 Å². The smallest absolute Gasteiger partial charge is 0.106 e. The van der Waals surface area contributed by atoms with Crippen LogP contribution in [0, 0.1) is 5.41 Å². The second-order valence-corrected chi connectivity index (χ2v) is 2.98. The van der Waals surface area contributed by atoms with Crippen molar-refractivity contribution in [3.63, 3.8) is 0 Å². The second kappa shape index (κ2) is 3.20. The van der Waals surface area contributed by atoms with E-state index in [-0.39, 0.29) is 5.41 Å². The van der Waals surface area contributed by atoms with Crippen molar-refractivity contribution in [3.8, 4) is 0 Å². The van der Waals surface area contributed by atoms with E-state index in [0.717, 1.165) is 6.21 Å². The van der Waals surface area contributed by atoms with Crippen LogP contribution in [-0.4, -0.2) is 22.3 Å². The fourth-order valence-electron chi connectivity index (χ4n) is 0.424. The van der Waals surface area contributed by atoms with Crippen molar-refractivity contribution in [2.45, 2.75) is 20.8 Å². The largest absolute Gasteiger partial charge is 0.411 e. The number of rotatable bonds is 1. The zero-order chi connectivity index (χ0) is 8.20. The van der Waals surface area contributed by atoms with Gasteiger partial charge in [0.25, 0.3) is 0 Å². The Labute approximate surface area is 59.9 Å². The highest BCUT2D eigenvalue weighted by Crippen LogP contribution is 2.14. The van der Waals surface area contributed by atoms with Gasteiger partial charge < -0.3 is 10.4 Å². The minimum Gasteiger partial charge on any atom is -0.411 e. The van der Waals surface area contributed by atoms with E-state index in [1.54, 1.807) is 0 Å². The number of oxime groups is 2. The minimum absolute atomic E-state index is 0.291. The van der Waals surface area contributed by atoms with Crippen LogP contribution in [0.25, 0.3) is 0 Å². The Balaban J connectivity index is 4.39. The predicted molar refractivity (Wildman–Crippen MR) is 39.0 cm³/mol. The van der Waals surface area contributed by atoms with Gasteiger partial charge in [-0.3, -0.25) is 0 Å². The molecule has 0 amide bonds. The Bertz CT molecular complexity index is 156. The molecular weight excluding hydrogens is 132 g/mol. The molecule has 0 aliphatic heterocycles. The van der Waals surface area contributed by atoms with Crippen LogP contribution in [0.2, 0.25) is 0 Å². The highest BCUT2D eigenvalue weighted by Gasteiger charge is 2.17.